The SMILES string of the molecule is CCNC(=O)C(C)Oc1ccc(CCN)cc1C(F)(F)F. The Morgan fingerprint density at radius 2 is 2.10 bits per heavy atom. The van der Waals surface area contributed by atoms with Gasteiger partial charge < -0.3 is 15.8 Å². The highest BCUT2D eigenvalue weighted by Crippen LogP contribution is 2.37. The summed E-state index contributed by atoms with van der Waals surface area (Å²) in [6.07, 6.45) is -5.22. The minimum atomic E-state index is -4.55. The lowest BCUT2D eigenvalue weighted by molar-refractivity contribution is -0.140. The number of amides is 1. The van der Waals surface area contributed by atoms with Gasteiger partial charge in [-0.15, -0.1) is 0 Å². The van der Waals surface area contributed by atoms with Gasteiger partial charge >= 0.3 is 6.18 Å². The Bertz CT molecular complexity index is 490. The molecule has 0 radical (unpaired) electrons. The number of benzene rings is 1. The Hall–Kier alpha value is -1.76. The third-order valence-corrected chi connectivity index (χ3v) is 2.81. The van der Waals surface area contributed by atoms with Gasteiger partial charge in [-0.2, -0.15) is 13.2 Å². The summed E-state index contributed by atoms with van der Waals surface area (Å²) in [5.41, 5.74) is 4.92. The average molecular weight is 304 g/mol. The standard InChI is InChI=1S/C14H19F3N2O2/c1-3-19-13(20)9(2)21-12-5-4-10(6-7-18)8-11(12)14(15,16)17/h4-5,8-9H,3,6-7,18H2,1-2H3,(H,19,20). The normalized spacial score (nSPS) is 12.9. The number of likely N-dealkylation sites (N-methyl/N-ethyl adjacent to an activating group) is 1. The van der Waals surface area contributed by atoms with Crippen molar-refractivity contribution in [2.45, 2.75) is 32.5 Å². The fraction of sp³-hybridized carbons (Fsp3) is 0.500. The second kappa shape index (κ2) is 7.31. The first-order valence-electron chi connectivity index (χ1n) is 6.64. The summed E-state index contributed by atoms with van der Waals surface area (Å²) < 4.78 is 44.3. The van der Waals surface area contributed by atoms with Gasteiger partial charge in [0.2, 0.25) is 0 Å². The van der Waals surface area contributed by atoms with Crippen LogP contribution in [0.5, 0.6) is 5.75 Å². The fourth-order valence-electron chi connectivity index (χ4n) is 1.79. The van der Waals surface area contributed by atoms with Crippen LogP contribution in [0.3, 0.4) is 0 Å². The summed E-state index contributed by atoms with van der Waals surface area (Å²) in [5.74, 6) is -0.821. The first-order valence-corrected chi connectivity index (χ1v) is 6.64. The average Bonchev–Trinajstić information content (AvgIpc) is 2.39. The Kier molecular flexibility index (Phi) is 6.02. The summed E-state index contributed by atoms with van der Waals surface area (Å²) in [6.45, 7) is 3.76. The topological polar surface area (TPSA) is 64.3 Å². The van der Waals surface area contributed by atoms with E-state index in [1.165, 1.54) is 19.1 Å². The maximum Gasteiger partial charge on any atom is 0.419 e. The lowest BCUT2D eigenvalue weighted by Crippen LogP contribution is -2.36. The molecule has 0 aliphatic heterocycles. The van der Waals surface area contributed by atoms with Gasteiger partial charge in [-0.1, -0.05) is 6.07 Å². The molecule has 4 nitrogen and oxygen atoms in total. The molecule has 1 unspecified atom stereocenters. The predicted molar refractivity (Wildman–Crippen MR) is 73.0 cm³/mol. The summed E-state index contributed by atoms with van der Waals surface area (Å²) in [6, 6.07) is 3.75. The first kappa shape index (κ1) is 17.3. The van der Waals surface area contributed by atoms with Gasteiger partial charge in [0.25, 0.3) is 5.91 Å². The molecule has 0 fully saturated rings. The largest absolute Gasteiger partial charge is 0.480 e. The van der Waals surface area contributed by atoms with Gasteiger partial charge in [-0.25, -0.2) is 0 Å². The molecule has 7 heteroatoms. The number of halogens is 3. The van der Waals surface area contributed by atoms with Crippen molar-refractivity contribution in [3.63, 3.8) is 0 Å². The van der Waals surface area contributed by atoms with Crippen molar-refractivity contribution in [3.8, 4) is 5.75 Å². The highest BCUT2D eigenvalue weighted by Gasteiger charge is 2.35. The zero-order chi connectivity index (χ0) is 16.0. The Balaban J connectivity index is 3.03. The number of nitrogens with two attached hydrogens (primary N) is 1. The number of rotatable bonds is 6. The summed E-state index contributed by atoms with van der Waals surface area (Å²) in [7, 11) is 0. The molecule has 0 aromatic heterocycles. The van der Waals surface area contributed by atoms with Crippen molar-refractivity contribution in [1.82, 2.24) is 5.32 Å². The van der Waals surface area contributed by atoms with Crippen LogP contribution in [-0.2, 0) is 17.4 Å². The lowest BCUT2D eigenvalue weighted by atomic mass is 10.1. The molecule has 3 N–H and O–H groups in total. The van der Waals surface area contributed by atoms with E-state index >= 15 is 0 Å². The number of alkyl halides is 3. The third kappa shape index (κ3) is 4.93. The maximum absolute atomic E-state index is 13.1. The molecule has 0 aliphatic carbocycles. The van der Waals surface area contributed by atoms with Crippen molar-refractivity contribution in [2.75, 3.05) is 13.1 Å². The van der Waals surface area contributed by atoms with Gasteiger partial charge in [0, 0.05) is 6.54 Å². The summed E-state index contributed by atoms with van der Waals surface area (Å²) in [4.78, 5) is 11.5. The minimum Gasteiger partial charge on any atom is -0.480 e. The van der Waals surface area contributed by atoms with Gasteiger partial charge in [-0.3, -0.25) is 4.79 Å². The van der Waals surface area contributed by atoms with Crippen LogP contribution in [0.4, 0.5) is 13.2 Å². The van der Waals surface area contributed by atoms with Gasteiger partial charge in [0.1, 0.15) is 5.75 Å². The lowest BCUT2D eigenvalue weighted by Gasteiger charge is -2.19. The summed E-state index contributed by atoms with van der Waals surface area (Å²) >= 11 is 0. The van der Waals surface area contributed by atoms with E-state index < -0.39 is 23.8 Å². The molecule has 1 aromatic rings. The molecular formula is C14H19F3N2O2. The molecule has 1 aromatic carbocycles. The first-order chi connectivity index (χ1) is 9.79. The van der Waals surface area contributed by atoms with E-state index in [4.69, 9.17) is 10.5 Å². The molecule has 118 valence electrons. The van der Waals surface area contributed by atoms with E-state index in [-0.39, 0.29) is 12.3 Å². The van der Waals surface area contributed by atoms with E-state index in [0.717, 1.165) is 6.07 Å². The zero-order valence-electron chi connectivity index (χ0n) is 12.0. The van der Waals surface area contributed by atoms with Crippen LogP contribution < -0.4 is 15.8 Å². The number of nitrogens with one attached hydrogen (secondary N) is 1. The van der Waals surface area contributed by atoms with Crippen LogP contribution in [0.25, 0.3) is 0 Å². The monoisotopic (exact) mass is 304 g/mol. The number of hydrogen-bond acceptors (Lipinski definition) is 3. The van der Waals surface area contributed by atoms with Gasteiger partial charge in [-0.05, 0) is 44.5 Å². The number of carbonyl (C=O) groups is 1. The van der Waals surface area contributed by atoms with E-state index in [2.05, 4.69) is 5.32 Å². The van der Waals surface area contributed by atoms with E-state index in [1.807, 2.05) is 0 Å². The van der Waals surface area contributed by atoms with E-state index in [0.29, 0.717) is 18.5 Å². The molecule has 0 saturated carbocycles. The predicted octanol–water partition coefficient (Wildman–Crippen LogP) is 2.11. The molecule has 1 amide bonds. The van der Waals surface area contributed by atoms with Crippen LogP contribution in [-0.4, -0.2) is 25.1 Å². The molecule has 0 spiro atoms. The molecule has 0 saturated heterocycles. The Morgan fingerprint density at radius 3 is 2.62 bits per heavy atom. The number of ether oxygens (including phenoxy) is 1. The highest BCUT2D eigenvalue weighted by molar-refractivity contribution is 5.80. The number of hydrogen-bond donors (Lipinski definition) is 2. The molecule has 1 rings (SSSR count). The highest BCUT2D eigenvalue weighted by atomic mass is 19.4. The molecule has 0 heterocycles. The van der Waals surface area contributed by atoms with E-state index in [1.54, 1.807) is 6.92 Å². The fourth-order valence-corrected chi connectivity index (χ4v) is 1.79. The smallest absolute Gasteiger partial charge is 0.419 e. The van der Waals surface area contributed by atoms with Crippen molar-refractivity contribution in [2.24, 2.45) is 5.73 Å². The quantitative estimate of drug-likeness (QED) is 0.846. The van der Waals surface area contributed by atoms with Crippen molar-refractivity contribution >= 4 is 5.91 Å². The molecule has 0 aliphatic rings. The van der Waals surface area contributed by atoms with Crippen molar-refractivity contribution in [1.29, 1.82) is 0 Å². The molecule has 21 heavy (non-hydrogen) atoms. The van der Waals surface area contributed by atoms with Crippen molar-refractivity contribution < 1.29 is 22.7 Å². The summed E-state index contributed by atoms with van der Waals surface area (Å²) in [5, 5.41) is 2.49. The van der Waals surface area contributed by atoms with Crippen molar-refractivity contribution in [3.05, 3.63) is 29.3 Å². The third-order valence-electron chi connectivity index (χ3n) is 2.81. The second-order valence-corrected chi connectivity index (χ2v) is 4.52. The zero-order valence-corrected chi connectivity index (χ0v) is 12.0. The molecule has 1 atom stereocenters. The van der Waals surface area contributed by atoms with Gasteiger partial charge in [0.05, 0.1) is 5.56 Å². The van der Waals surface area contributed by atoms with Crippen LogP contribution in [0.15, 0.2) is 18.2 Å². The van der Waals surface area contributed by atoms with E-state index in [9.17, 15) is 18.0 Å². The maximum atomic E-state index is 13.1. The molecular weight excluding hydrogens is 285 g/mol. The Morgan fingerprint density at radius 1 is 1.43 bits per heavy atom. The minimum absolute atomic E-state index is 0.257. The van der Waals surface area contributed by atoms with Crippen LogP contribution >= 0.6 is 0 Å². The molecule has 0 bridgehead atoms. The van der Waals surface area contributed by atoms with Crippen LogP contribution in [0.1, 0.15) is 25.0 Å². The van der Waals surface area contributed by atoms with Crippen LogP contribution in [0, 0.1) is 0 Å². The van der Waals surface area contributed by atoms with Gasteiger partial charge in [0.15, 0.2) is 6.10 Å². The van der Waals surface area contributed by atoms with Crippen LogP contribution in [0.2, 0.25) is 0 Å². The Labute approximate surface area is 121 Å². The second-order valence-electron chi connectivity index (χ2n) is 4.52. The number of carbonyl (C=O) groups excluding carboxylic acids is 1.